The molecule has 0 radical (unpaired) electrons. The third-order valence-electron chi connectivity index (χ3n) is 5.33. The summed E-state index contributed by atoms with van der Waals surface area (Å²) < 4.78 is 11.6. The Balaban J connectivity index is 2.31. The van der Waals surface area contributed by atoms with Crippen LogP contribution in [-0.2, 0) is 25.7 Å². The summed E-state index contributed by atoms with van der Waals surface area (Å²) in [6.45, 7) is 17.6. The molecule has 0 saturated carbocycles. The van der Waals surface area contributed by atoms with E-state index in [1.807, 2.05) is 24.3 Å². The Morgan fingerprint density at radius 2 is 0.938 bits per heavy atom. The summed E-state index contributed by atoms with van der Waals surface area (Å²) >= 11 is 0. The van der Waals surface area contributed by atoms with E-state index in [4.69, 9.17) is 9.47 Å². The first-order valence-electron chi connectivity index (χ1n) is 12.2. The first kappa shape index (κ1) is 26.0. The van der Waals surface area contributed by atoms with Gasteiger partial charge in [-0.3, -0.25) is 0 Å². The molecule has 0 aliphatic carbocycles. The molecule has 3 heteroatoms. The fourth-order valence-electron chi connectivity index (χ4n) is 4.16. The second-order valence-electron chi connectivity index (χ2n) is 10.6. The lowest BCUT2D eigenvalue weighted by Gasteiger charge is -2.19. The first-order valence-corrected chi connectivity index (χ1v) is 12.2. The van der Waals surface area contributed by atoms with Gasteiger partial charge in [-0.2, -0.15) is 0 Å². The van der Waals surface area contributed by atoms with E-state index < -0.39 is 6.16 Å². The fourth-order valence-corrected chi connectivity index (χ4v) is 4.16. The molecule has 0 saturated heterocycles. The third-order valence-corrected chi connectivity index (χ3v) is 5.33. The molecule has 0 heterocycles. The summed E-state index contributed by atoms with van der Waals surface area (Å²) in [5.41, 5.74) is 4.73. The minimum Gasteiger partial charge on any atom is -0.394 e. The van der Waals surface area contributed by atoms with Crippen molar-refractivity contribution >= 4 is 6.16 Å². The lowest BCUT2D eigenvalue weighted by molar-refractivity contribution is 0.150. The number of hydrogen-bond donors (Lipinski definition) is 0. The van der Waals surface area contributed by atoms with Crippen molar-refractivity contribution < 1.29 is 14.3 Å². The summed E-state index contributed by atoms with van der Waals surface area (Å²) in [6, 6.07) is 12.0. The number of carbonyl (C=O) groups is 1. The van der Waals surface area contributed by atoms with Crippen molar-refractivity contribution in [2.24, 2.45) is 23.7 Å². The molecule has 176 valence electrons. The van der Waals surface area contributed by atoms with E-state index in [-0.39, 0.29) is 0 Å². The fraction of sp³-hybridized carbons (Fsp3) is 0.552. The van der Waals surface area contributed by atoms with Crippen molar-refractivity contribution in [2.75, 3.05) is 0 Å². The molecule has 0 spiro atoms. The van der Waals surface area contributed by atoms with Gasteiger partial charge in [-0.1, -0.05) is 79.7 Å². The van der Waals surface area contributed by atoms with Crippen LogP contribution in [0.1, 0.15) is 77.6 Å². The van der Waals surface area contributed by atoms with Gasteiger partial charge in [0.05, 0.1) is 0 Å². The van der Waals surface area contributed by atoms with Crippen LogP contribution in [-0.4, -0.2) is 6.16 Å². The van der Waals surface area contributed by atoms with Crippen LogP contribution in [0.25, 0.3) is 0 Å². The van der Waals surface area contributed by atoms with E-state index in [9.17, 15) is 4.79 Å². The minimum absolute atomic E-state index is 0.465. The second-order valence-corrected chi connectivity index (χ2v) is 10.6. The van der Waals surface area contributed by atoms with Crippen molar-refractivity contribution in [3.63, 3.8) is 0 Å². The Kier molecular flexibility index (Phi) is 9.81. The van der Waals surface area contributed by atoms with Crippen LogP contribution >= 0.6 is 0 Å². The highest BCUT2D eigenvalue weighted by atomic mass is 16.7. The van der Waals surface area contributed by atoms with E-state index in [1.165, 1.54) is 11.1 Å². The van der Waals surface area contributed by atoms with Crippen LogP contribution in [0.2, 0.25) is 0 Å². The molecule has 3 nitrogen and oxygen atoms in total. The van der Waals surface area contributed by atoms with Crippen molar-refractivity contribution in [2.45, 2.75) is 81.1 Å². The average Bonchev–Trinajstić information content (AvgIpc) is 2.65. The van der Waals surface area contributed by atoms with E-state index in [2.05, 4.69) is 67.5 Å². The Bertz CT molecular complexity index is 806. The Labute approximate surface area is 195 Å². The van der Waals surface area contributed by atoms with E-state index in [1.54, 1.807) is 0 Å². The average molecular weight is 439 g/mol. The van der Waals surface area contributed by atoms with Crippen LogP contribution in [0.5, 0.6) is 11.5 Å². The summed E-state index contributed by atoms with van der Waals surface area (Å²) in [4.78, 5) is 12.9. The monoisotopic (exact) mass is 438 g/mol. The standard InChI is InChI=1S/C29H42O3/c1-19(2)15-23-11-9-13-27(25(23)17-21(5)6)31-29(30)32-28-14-10-12-24(16-20(3)4)26(28)18-22(7)8/h9-14,19-22H,15-18H2,1-8H3. The first-order chi connectivity index (χ1) is 15.1. The molecule has 0 aromatic heterocycles. The Morgan fingerprint density at radius 3 is 1.25 bits per heavy atom. The maximum Gasteiger partial charge on any atom is 0.519 e. The maximum atomic E-state index is 12.9. The van der Waals surface area contributed by atoms with E-state index >= 15 is 0 Å². The smallest absolute Gasteiger partial charge is 0.394 e. The number of ether oxygens (including phenoxy) is 2. The van der Waals surface area contributed by atoms with Crippen LogP contribution < -0.4 is 9.47 Å². The van der Waals surface area contributed by atoms with Crippen molar-refractivity contribution in [1.82, 2.24) is 0 Å². The number of rotatable bonds is 10. The lowest BCUT2D eigenvalue weighted by atomic mass is 9.92. The molecule has 0 N–H and O–H groups in total. The minimum atomic E-state index is -0.664. The summed E-state index contributed by atoms with van der Waals surface area (Å²) in [5, 5.41) is 0. The largest absolute Gasteiger partial charge is 0.519 e. The van der Waals surface area contributed by atoms with Gasteiger partial charge in [-0.15, -0.1) is 0 Å². The van der Waals surface area contributed by atoms with Crippen LogP contribution in [0.3, 0.4) is 0 Å². The van der Waals surface area contributed by atoms with Crippen LogP contribution in [0, 0.1) is 23.7 Å². The van der Waals surface area contributed by atoms with Gasteiger partial charge in [0, 0.05) is 0 Å². The topological polar surface area (TPSA) is 35.5 Å². The Morgan fingerprint density at radius 1 is 0.594 bits per heavy atom. The molecule has 0 fully saturated rings. The number of carbonyl (C=O) groups excluding carboxylic acids is 1. The zero-order valence-electron chi connectivity index (χ0n) is 21.3. The molecule has 0 amide bonds. The highest BCUT2D eigenvalue weighted by Gasteiger charge is 2.19. The second kappa shape index (κ2) is 12.1. The van der Waals surface area contributed by atoms with Gasteiger partial charge < -0.3 is 9.47 Å². The maximum absolute atomic E-state index is 12.9. The van der Waals surface area contributed by atoms with Crippen molar-refractivity contribution in [3.05, 3.63) is 58.7 Å². The molecule has 0 aliphatic heterocycles. The van der Waals surface area contributed by atoms with Gasteiger partial charge in [0.25, 0.3) is 0 Å². The zero-order valence-corrected chi connectivity index (χ0v) is 21.3. The predicted octanol–water partition coefficient (Wildman–Crippen LogP) is 8.06. The van der Waals surface area contributed by atoms with Gasteiger partial charge in [-0.25, -0.2) is 4.79 Å². The van der Waals surface area contributed by atoms with Gasteiger partial charge in [0.15, 0.2) is 0 Å². The van der Waals surface area contributed by atoms with Crippen LogP contribution in [0.4, 0.5) is 4.79 Å². The predicted molar refractivity (Wildman–Crippen MR) is 134 cm³/mol. The molecule has 32 heavy (non-hydrogen) atoms. The molecule has 0 bridgehead atoms. The molecule has 0 aliphatic rings. The molecule has 2 rings (SSSR count). The highest BCUT2D eigenvalue weighted by molar-refractivity contribution is 5.69. The van der Waals surface area contributed by atoms with Gasteiger partial charge >= 0.3 is 6.16 Å². The van der Waals surface area contributed by atoms with Gasteiger partial charge in [-0.05, 0) is 83.7 Å². The molecule has 0 atom stereocenters. The summed E-state index contributed by atoms with van der Waals surface area (Å²) in [6.07, 6.45) is 3.00. The number of hydrogen-bond acceptors (Lipinski definition) is 3. The van der Waals surface area contributed by atoms with Gasteiger partial charge in [0.1, 0.15) is 11.5 Å². The quantitative estimate of drug-likeness (QED) is 0.278. The highest BCUT2D eigenvalue weighted by Crippen LogP contribution is 2.30. The molecule has 2 aromatic rings. The Hall–Kier alpha value is -2.29. The molecular formula is C29H42O3. The van der Waals surface area contributed by atoms with Crippen molar-refractivity contribution in [1.29, 1.82) is 0 Å². The third kappa shape index (κ3) is 8.00. The van der Waals surface area contributed by atoms with Gasteiger partial charge in [0.2, 0.25) is 0 Å². The molecule has 0 unspecified atom stereocenters. The van der Waals surface area contributed by atoms with Crippen LogP contribution in [0.15, 0.2) is 36.4 Å². The SMILES string of the molecule is CC(C)Cc1cccc(OC(=O)Oc2cccc(CC(C)C)c2CC(C)C)c1CC(C)C. The van der Waals surface area contributed by atoms with E-state index in [0.29, 0.717) is 35.2 Å². The summed E-state index contributed by atoms with van der Waals surface area (Å²) in [7, 11) is 0. The van der Waals surface area contributed by atoms with Crippen molar-refractivity contribution in [3.8, 4) is 11.5 Å². The lowest BCUT2D eigenvalue weighted by Crippen LogP contribution is -2.18. The zero-order chi connectivity index (χ0) is 23.8. The normalized spacial score (nSPS) is 11.6. The molecule has 2 aromatic carbocycles. The number of benzene rings is 2. The van der Waals surface area contributed by atoms with E-state index in [0.717, 1.165) is 36.8 Å². The molecular weight excluding hydrogens is 396 g/mol. The summed E-state index contributed by atoms with van der Waals surface area (Å²) in [5.74, 6) is 3.23.